The Labute approximate surface area is 119 Å². The van der Waals surface area contributed by atoms with E-state index in [4.69, 9.17) is 5.73 Å². The Morgan fingerprint density at radius 3 is 2.84 bits per heavy atom. The van der Waals surface area contributed by atoms with Crippen LogP contribution in [0.3, 0.4) is 0 Å². The van der Waals surface area contributed by atoms with Crippen LogP contribution in [0.15, 0.2) is 29.2 Å². The van der Waals surface area contributed by atoms with Crippen molar-refractivity contribution in [1.29, 1.82) is 0 Å². The Morgan fingerprint density at radius 2 is 2.21 bits per heavy atom. The number of nitrogens with two attached hydrogens (primary N) is 1. The average molecular weight is 323 g/mol. The lowest BCUT2D eigenvalue weighted by Gasteiger charge is -2.09. The lowest BCUT2D eigenvalue weighted by molar-refractivity contribution is 0.830. The van der Waals surface area contributed by atoms with Gasteiger partial charge in [-0.05, 0) is 24.6 Å². The summed E-state index contributed by atoms with van der Waals surface area (Å²) in [7, 11) is 1.70. The van der Waals surface area contributed by atoms with Crippen LogP contribution in [0, 0.1) is 6.92 Å². The van der Waals surface area contributed by atoms with Crippen molar-refractivity contribution in [3.8, 4) is 0 Å². The number of nitrogen functional groups attached to an aromatic ring is 1. The fourth-order valence-electron chi connectivity index (χ4n) is 1.67. The molecule has 3 N–H and O–H groups in total. The molecule has 0 fully saturated rings. The second-order valence-electron chi connectivity index (χ2n) is 4.33. The van der Waals surface area contributed by atoms with Crippen molar-refractivity contribution < 1.29 is 0 Å². The molecular formula is C13H15BrN4O. The maximum Gasteiger partial charge on any atom is 0.293 e. The van der Waals surface area contributed by atoms with Crippen molar-refractivity contribution in [2.75, 3.05) is 11.1 Å². The number of benzene rings is 1. The zero-order valence-electron chi connectivity index (χ0n) is 10.8. The summed E-state index contributed by atoms with van der Waals surface area (Å²) in [5.41, 5.74) is 8.88. The highest BCUT2D eigenvalue weighted by atomic mass is 79.9. The standard InChI is InChI=1S/C13H15BrN4O/c1-8-3-4-9(5-11(8)15)16-12-13(19)18(2)7-10(6-14)17-12/h3-5,7H,6,15H2,1-2H3,(H,16,17). The molecule has 0 atom stereocenters. The molecule has 0 aliphatic heterocycles. The third kappa shape index (κ3) is 2.96. The highest BCUT2D eigenvalue weighted by Crippen LogP contribution is 2.19. The second-order valence-corrected chi connectivity index (χ2v) is 4.89. The summed E-state index contributed by atoms with van der Waals surface area (Å²) in [6.07, 6.45) is 1.70. The van der Waals surface area contributed by atoms with Gasteiger partial charge in [0, 0.05) is 29.9 Å². The molecule has 0 aliphatic rings. The summed E-state index contributed by atoms with van der Waals surface area (Å²) in [4.78, 5) is 16.3. The molecule has 0 saturated carbocycles. The van der Waals surface area contributed by atoms with Crippen LogP contribution in [0.1, 0.15) is 11.3 Å². The predicted molar refractivity (Wildman–Crippen MR) is 81.0 cm³/mol. The van der Waals surface area contributed by atoms with Gasteiger partial charge in [0.2, 0.25) is 0 Å². The normalized spacial score (nSPS) is 10.5. The Morgan fingerprint density at radius 1 is 1.47 bits per heavy atom. The molecule has 1 aromatic heterocycles. The number of hydrogen-bond acceptors (Lipinski definition) is 4. The molecule has 2 rings (SSSR count). The van der Waals surface area contributed by atoms with E-state index in [1.165, 1.54) is 4.57 Å². The van der Waals surface area contributed by atoms with Crippen molar-refractivity contribution in [2.45, 2.75) is 12.3 Å². The van der Waals surface area contributed by atoms with Crippen molar-refractivity contribution in [2.24, 2.45) is 7.05 Å². The van der Waals surface area contributed by atoms with E-state index in [1.54, 1.807) is 19.3 Å². The van der Waals surface area contributed by atoms with Gasteiger partial charge in [-0.2, -0.15) is 0 Å². The van der Waals surface area contributed by atoms with E-state index >= 15 is 0 Å². The largest absolute Gasteiger partial charge is 0.398 e. The molecule has 100 valence electrons. The van der Waals surface area contributed by atoms with Gasteiger partial charge in [0.05, 0.1) is 5.69 Å². The lowest BCUT2D eigenvalue weighted by atomic mass is 10.2. The van der Waals surface area contributed by atoms with Gasteiger partial charge >= 0.3 is 0 Å². The van der Waals surface area contributed by atoms with Gasteiger partial charge in [0.1, 0.15) is 0 Å². The van der Waals surface area contributed by atoms with Gasteiger partial charge in [-0.1, -0.05) is 22.0 Å². The molecular weight excluding hydrogens is 308 g/mol. The van der Waals surface area contributed by atoms with Crippen LogP contribution in [0.25, 0.3) is 0 Å². The van der Waals surface area contributed by atoms with E-state index in [0.717, 1.165) is 16.9 Å². The minimum Gasteiger partial charge on any atom is -0.398 e. The SMILES string of the molecule is Cc1ccc(Nc2nc(CBr)cn(C)c2=O)cc1N. The minimum absolute atomic E-state index is 0.177. The number of anilines is 3. The maximum atomic E-state index is 12.0. The number of aryl methyl sites for hydroxylation is 2. The van der Waals surface area contributed by atoms with E-state index in [1.807, 2.05) is 19.1 Å². The summed E-state index contributed by atoms with van der Waals surface area (Å²) in [5, 5.41) is 3.60. The molecule has 0 saturated heterocycles. The van der Waals surface area contributed by atoms with E-state index in [9.17, 15) is 4.79 Å². The summed E-state index contributed by atoms with van der Waals surface area (Å²) < 4.78 is 1.50. The van der Waals surface area contributed by atoms with Crippen LogP contribution < -0.4 is 16.6 Å². The fourth-order valence-corrected chi connectivity index (χ4v) is 1.94. The number of nitrogens with zero attached hydrogens (tertiary/aromatic N) is 2. The van der Waals surface area contributed by atoms with Crippen molar-refractivity contribution in [3.63, 3.8) is 0 Å². The van der Waals surface area contributed by atoms with Gasteiger partial charge in [0.15, 0.2) is 5.82 Å². The minimum atomic E-state index is -0.177. The maximum absolute atomic E-state index is 12.0. The molecule has 0 spiro atoms. The third-order valence-electron chi connectivity index (χ3n) is 2.80. The van der Waals surface area contributed by atoms with Gasteiger partial charge in [-0.15, -0.1) is 0 Å². The average Bonchev–Trinajstić information content (AvgIpc) is 2.39. The first kappa shape index (κ1) is 13.6. The Hall–Kier alpha value is -1.82. The highest BCUT2D eigenvalue weighted by Gasteiger charge is 2.07. The molecule has 19 heavy (non-hydrogen) atoms. The van der Waals surface area contributed by atoms with Crippen LogP contribution in [0.5, 0.6) is 0 Å². The molecule has 0 amide bonds. The molecule has 2 aromatic rings. The van der Waals surface area contributed by atoms with Crippen molar-refractivity contribution in [1.82, 2.24) is 9.55 Å². The van der Waals surface area contributed by atoms with Crippen LogP contribution in [-0.2, 0) is 12.4 Å². The molecule has 0 bridgehead atoms. The van der Waals surface area contributed by atoms with Crippen LogP contribution in [-0.4, -0.2) is 9.55 Å². The zero-order chi connectivity index (χ0) is 14.0. The number of rotatable bonds is 3. The predicted octanol–water partition coefficient (Wildman–Crippen LogP) is 2.31. The summed E-state index contributed by atoms with van der Waals surface area (Å²) >= 11 is 3.33. The highest BCUT2D eigenvalue weighted by molar-refractivity contribution is 9.08. The first-order chi connectivity index (χ1) is 9.01. The zero-order valence-corrected chi connectivity index (χ0v) is 12.4. The quantitative estimate of drug-likeness (QED) is 0.671. The van der Waals surface area contributed by atoms with Gasteiger partial charge in [-0.3, -0.25) is 4.79 Å². The number of hydrogen-bond donors (Lipinski definition) is 2. The van der Waals surface area contributed by atoms with Gasteiger partial charge in [-0.25, -0.2) is 4.98 Å². The first-order valence-corrected chi connectivity index (χ1v) is 6.89. The van der Waals surface area contributed by atoms with E-state index in [0.29, 0.717) is 16.8 Å². The summed E-state index contributed by atoms with van der Waals surface area (Å²) in [6.45, 7) is 1.93. The van der Waals surface area contributed by atoms with Gasteiger partial charge in [0.25, 0.3) is 5.56 Å². The Balaban J connectivity index is 2.40. The fraction of sp³-hybridized carbons (Fsp3) is 0.231. The Bertz CT molecular complexity index is 666. The van der Waals surface area contributed by atoms with Gasteiger partial charge < -0.3 is 15.6 Å². The summed E-state index contributed by atoms with van der Waals surface area (Å²) in [5.74, 6) is 0.294. The molecule has 5 nitrogen and oxygen atoms in total. The molecule has 1 heterocycles. The van der Waals surface area contributed by atoms with E-state index in [2.05, 4.69) is 26.2 Å². The monoisotopic (exact) mass is 322 g/mol. The first-order valence-electron chi connectivity index (χ1n) is 5.77. The molecule has 1 aromatic carbocycles. The van der Waals surface area contributed by atoms with E-state index < -0.39 is 0 Å². The van der Waals surface area contributed by atoms with E-state index in [-0.39, 0.29) is 5.56 Å². The molecule has 0 unspecified atom stereocenters. The number of nitrogens with one attached hydrogen (secondary N) is 1. The topological polar surface area (TPSA) is 72.9 Å². The van der Waals surface area contributed by atoms with Crippen LogP contribution in [0.2, 0.25) is 0 Å². The molecule has 0 radical (unpaired) electrons. The molecule has 0 aliphatic carbocycles. The smallest absolute Gasteiger partial charge is 0.293 e. The van der Waals surface area contributed by atoms with Crippen LogP contribution in [0.4, 0.5) is 17.2 Å². The van der Waals surface area contributed by atoms with Crippen LogP contribution >= 0.6 is 15.9 Å². The Kier molecular flexibility index (Phi) is 3.90. The molecule has 6 heteroatoms. The second kappa shape index (κ2) is 5.44. The lowest BCUT2D eigenvalue weighted by Crippen LogP contribution is -2.22. The third-order valence-corrected chi connectivity index (χ3v) is 3.37. The number of aromatic nitrogens is 2. The number of halogens is 1. The van der Waals surface area contributed by atoms with Crippen molar-refractivity contribution in [3.05, 3.63) is 46.0 Å². The number of alkyl halides is 1. The van der Waals surface area contributed by atoms with Crippen molar-refractivity contribution >= 4 is 33.1 Å². The summed E-state index contributed by atoms with van der Waals surface area (Å²) in [6, 6.07) is 5.56.